The fraction of sp³-hybridized carbons (Fsp3) is 0.400. The van der Waals surface area contributed by atoms with Crippen molar-refractivity contribution in [3.05, 3.63) is 59.7 Å². The molecular formula is C25H28N2O5. The van der Waals surface area contributed by atoms with Gasteiger partial charge in [0.15, 0.2) is 0 Å². The second-order valence-corrected chi connectivity index (χ2v) is 8.56. The molecule has 2 atom stereocenters. The standard InChI is InChI=1S/C25H28N2O5/c1-16(24(30)27-13-12-17(14-27)10-11-23(28)29)26-25(31)32-15-22-20-8-4-2-6-18(20)19-7-3-5-9-21(19)22/h2-9,16-17,22H,10-15H2,1H3,(H,26,31)(H,28,29). The van der Waals surface area contributed by atoms with E-state index in [4.69, 9.17) is 9.84 Å². The topological polar surface area (TPSA) is 95.9 Å². The first kappa shape index (κ1) is 21.9. The summed E-state index contributed by atoms with van der Waals surface area (Å²) in [5, 5.41) is 11.5. The summed E-state index contributed by atoms with van der Waals surface area (Å²) < 4.78 is 5.52. The number of hydrogen-bond acceptors (Lipinski definition) is 4. The Labute approximate surface area is 187 Å². The number of benzene rings is 2. The Hall–Kier alpha value is -3.35. The molecule has 0 spiro atoms. The van der Waals surface area contributed by atoms with E-state index in [2.05, 4.69) is 29.6 Å². The number of hydrogen-bond donors (Lipinski definition) is 2. The molecule has 1 saturated heterocycles. The normalized spacial score (nSPS) is 18.0. The summed E-state index contributed by atoms with van der Waals surface area (Å²) in [6.07, 6.45) is 0.846. The average molecular weight is 437 g/mol. The first-order chi connectivity index (χ1) is 15.4. The van der Waals surface area contributed by atoms with E-state index < -0.39 is 18.1 Å². The number of fused-ring (bicyclic) bond motifs is 3. The number of amides is 2. The molecule has 0 radical (unpaired) electrons. The summed E-state index contributed by atoms with van der Waals surface area (Å²) in [5.74, 6) is -0.833. The second kappa shape index (κ2) is 9.42. The number of carboxylic acid groups (broad SMARTS) is 1. The Kier molecular flexibility index (Phi) is 6.44. The number of alkyl carbamates (subject to hydrolysis) is 1. The summed E-state index contributed by atoms with van der Waals surface area (Å²) in [4.78, 5) is 37.6. The molecule has 0 bridgehead atoms. The summed E-state index contributed by atoms with van der Waals surface area (Å²) in [6.45, 7) is 2.96. The number of carboxylic acids is 1. The van der Waals surface area contributed by atoms with E-state index in [1.165, 1.54) is 0 Å². The minimum Gasteiger partial charge on any atom is -0.481 e. The highest BCUT2D eigenvalue weighted by atomic mass is 16.5. The van der Waals surface area contributed by atoms with Crippen LogP contribution in [0.15, 0.2) is 48.5 Å². The van der Waals surface area contributed by atoms with E-state index in [9.17, 15) is 14.4 Å². The van der Waals surface area contributed by atoms with Gasteiger partial charge in [0.1, 0.15) is 12.6 Å². The molecule has 0 saturated carbocycles. The molecule has 1 aliphatic carbocycles. The van der Waals surface area contributed by atoms with Crippen molar-refractivity contribution in [2.75, 3.05) is 19.7 Å². The predicted octanol–water partition coefficient (Wildman–Crippen LogP) is 3.63. The molecule has 2 aromatic rings. The molecule has 7 nitrogen and oxygen atoms in total. The average Bonchev–Trinajstić information content (AvgIpc) is 3.39. The molecule has 0 aromatic heterocycles. The number of rotatable bonds is 7. The van der Waals surface area contributed by atoms with Gasteiger partial charge in [0, 0.05) is 25.4 Å². The van der Waals surface area contributed by atoms with E-state index in [0.29, 0.717) is 19.5 Å². The van der Waals surface area contributed by atoms with Crippen molar-refractivity contribution < 1.29 is 24.2 Å². The monoisotopic (exact) mass is 436 g/mol. The van der Waals surface area contributed by atoms with Crippen LogP contribution < -0.4 is 5.32 Å². The van der Waals surface area contributed by atoms with Gasteiger partial charge in [0.05, 0.1) is 0 Å². The molecule has 1 aliphatic heterocycles. The van der Waals surface area contributed by atoms with Crippen molar-refractivity contribution in [2.24, 2.45) is 5.92 Å². The minimum absolute atomic E-state index is 0.0345. The lowest BCUT2D eigenvalue weighted by Gasteiger charge is -2.22. The smallest absolute Gasteiger partial charge is 0.407 e. The van der Waals surface area contributed by atoms with Gasteiger partial charge in [0.2, 0.25) is 5.91 Å². The number of ether oxygens (including phenoxy) is 1. The molecule has 2 aliphatic rings. The van der Waals surface area contributed by atoms with Gasteiger partial charge in [0.25, 0.3) is 0 Å². The lowest BCUT2D eigenvalue weighted by molar-refractivity contribution is -0.137. The van der Waals surface area contributed by atoms with E-state index in [1.54, 1.807) is 11.8 Å². The highest BCUT2D eigenvalue weighted by molar-refractivity contribution is 5.85. The van der Waals surface area contributed by atoms with Crippen molar-refractivity contribution in [3.8, 4) is 11.1 Å². The fourth-order valence-electron chi connectivity index (χ4n) is 4.75. The van der Waals surface area contributed by atoms with Crippen LogP contribution >= 0.6 is 0 Å². The summed E-state index contributed by atoms with van der Waals surface area (Å²) >= 11 is 0. The number of nitrogens with zero attached hydrogens (tertiary/aromatic N) is 1. The largest absolute Gasteiger partial charge is 0.481 e. The van der Waals surface area contributed by atoms with Crippen LogP contribution in [0.2, 0.25) is 0 Å². The minimum atomic E-state index is -0.819. The van der Waals surface area contributed by atoms with E-state index in [0.717, 1.165) is 28.7 Å². The molecule has 1 heterocycles. The zero-order valence-electron chi connectivity index (χ0n) is 18.1. The SMILES string of the molecule is CC(NC(=O)OCC1c2ccccc2-c2ccccc21)C(=O)N1CCC(CCC(=O)O)C1. The Balaban J connectivity index is 1.30. The Morgan fingerprint density at radius 3 is 2.34 bits per heavy atom. The van der Waals surface area contributed by atoms with E-state index in [1.807, 2.05) is 24.3 Å². The first-order valence-electron chi connectivity index (χ1n) is 11.1. The van der Waals surface area contributed by atoms with Gasteiger partial charge in [-0.1, -0.05) is 48.5 Å². The summed E-state index contributed by atoms with van der Waals surface area (Å²) in [7, 11) is 0. The Morgan fingerprint density at radius 1 is 1.09 bits per heavy atom. The van der Waals surface area contributed by atoms with Crippen LogP contribution in [-0.2, 0) is 14.3 Å². The fourth-order valence-corrected chi connectivity index (χ4v) is 4.75. The highest BCUT2D eigenvalue weighted by Crippen LogP contribution is 2.44. The summed E-state index contributed by atoms with van der Waals surface area (Å²) in [5.41, 5.74) is 4.59. The van der Waals surface area contributed by atoms with Crippen molar-refractivity contribution >= 4 is 18.0 Å². The van der Waals surface area contributed by atoms with Gasteiger partial charge < -0.3 is 20.1 Å². The maximum Gasteiger partial charge on any atom is 0.407 e. The predicted molar refractivity (Wildman–Crippen MR) is 119 cm³/mol. The second-order valence-electron chi connectivity index (χ2n) is 8.56. The molecule has 168 valence electrons. The molecular weight excluding hydrogens is 408 g/mol. The number of likely N-dealkylation sites (tertiary alicyclic amines) is 1. The van der Waals surface area contributed by atoms with Crippen molar-refractivity contribution in [1.29, 1.82) is 0 Å². The lowest BCUT2D eigenvalue weighted by atomic mass is 9.98. The van der Waals surface area contributed by atoms with Crippen LogP contribution in [0.25, 0.3) is 11.1 Å². The molecule has 2 unspecified atom stereocenters. The maximum atomic E-state index is 12.7. The third-order valence-corrected chi connectivity index (χ3v) is 6.41. The lowest BCUT2D eigenvalue weighted by Crippen LogP contribution is -2.46. The van der Waals surface area contributed by atoms with E-state index >= 15 is 0 Å². The van der Waals surface area contributed by atoms with Gasteiger partial charge in [-0.25, -0.2) is 4.79 Å². The van der Waals surface area contributed by atoms with Gasteiger partial charge in [-0.2, -0.15) is 0 Å². The third-order valence-electron chi connectivity index (χ3n) is 6.41. The van der Waals surface area contributed by atoms with Crippen LogP contribution in [0.3, 0.4) is 0 Å². The molecule has 32 heavy (non-hydrogen) atoms. The number of carbonyl (C=O) groups excluding carboxylic acids is 2. The van der Waals surface area contributed by atoms with Crippen LogP contribution in [0, 0.1) is 5.92 Å². The van der Waals surface area contributed by atoms with E-state index in [-0.39, 0.29) is 30.8 Å². The van der Waals surface area contributed by atoms with Gasteiger partial charge >= 0.3 is 12.1 Å². The quantitative estimate of drug-likeness (QED) is 0.691. The molecule has 2 aromatic carbocycles. The van der Waals surface area contributed by atoms with Crippen LogP contribution in [0.5, 0.6) is 0 Å². The zero-order chi connectivity index (χ0) is 22.7. The molecule has 7 heteroatoms. The van der Waals surface area contributed by atoms with Crippen molar-refractivity contribution in [2.45, 2.75) is 38.1 Å². The van der Waals surface area contributed by atoms with Gasteiger partial charge in [-0.15, -0.1) is 0 Å². The Morgan fingerprint density at radius 2 is 1.72 bits per heavy atom. The van der Waals surface area contributed by atoms with Crippen LogP contribution in [0.1, 0.15) is 43.2 Å². The third kappa shape index (κ3) is 4.61. The van der Waals surface area contributed by atoms with Crippen molar-refractivity contribution in [3.63, 3.8) is 0 Å². The molecule has 1 fully saturated rings. The molecule has 2 amide bonds. The first-order valence-corrected chi connectivity index (χ1v) is 11.1. The van der Waals surface area contributed by atoms with Gasteiger partial charge in [-0.05, 0) is 47.9 Å². The maximum absolute atomic E-state index is 12.7. The van der Waals surface area contributed by atoms with Crippen LogP contribution in [0.4, 0.5) is 4.79 Å². The zero-order valence-corrected chi connectivity index (χ0v) is 18.1. The highest BCUT2D eigenvalue weighted by Gasteiger charge is 2.31. The van der Waals surface area contributed by atoms with Gasteiger partial charge in [-0.3, -0.25) is 9.59 Å². The molecule has 2 N–H and O–H groups in total. The number of nitrogens with one attached hydrogen (secondary N) is 1. The number of carbonyl (C=O) groups is 3. The summed E-state index contributed by atoms with van der Waals surface area (Å²) in [6, 6.07) is 15.5. The Bertz CT molecular complexity index is 975. The van der Waals surface area contributed by atoms with Crippen molar-refractivity contribution in [1.82, 2.24) is 10.2 Å². The number of aliphatic carboxylic acids is 1. The molecule has 4 rings (SSSR count). The van der Waals surface area contributed by atoms with Crippen LogP contribution in [-0.4, -0.2) is 53.7 Å².